The van der Waals surface area contributed by atoms with Crippen LogP contribution in [0.15, 0.2) is 11.4 Å². The number of halogens is 1. The van der Waals surface area contributed by atoms with Crippen molar-refractivity contribution in [3.63, 3.8) is 0 Å². The van der Waals surface area contributed by atoms with Gasteiger partial charge >= 0.3 is 0 Å². The van der Waals surface area contributed by atoms with Crippen LogP contribution in [0, 0.1) is 14.7 Å². The quantitative estimate of drug-likeness (QED) is 0.622. The van der Waals surface area contributed by atoms with Crippen LogP contribution in [0.5, 0.6) is 0 Å². The maximum absolute atomic E-state index is 3.82. The van der Waals surface area contributed by atoms with E-state index in [2.05, 4.69) is 53.2 Å². The van der Waals surface area contributed by atoms with Gasteiger partial charge in [-0.3, -0.25) is 0 Å². The van der Waals surface area contributed by atoms with Crippen molar-refractivity contribution in [1.82, 2.24) is 5.32 Å². The SMILES string of the molecule is CCCNC(c1csc(I)c1)C1CCCC(CC)C1. The van der Waals surface area contributed by atoms with Crippen LogP contribution in [0.1, 0.15) is 64.0 Å². The van der Waals surface area contributed by atoms with Crippen LogP contribution in [0.3, 0.4) is 0 Å². The molecule has 1 saturated carbocycles. The Hall–Kier alpha value is 0.390. The van der Waals surface area contributed by atoms with Crippen molar-refractivity contribution in [2.45, 2.75) is 58.4 Å². The van der Waals surface area contributed by atoms with Gasteiger partial charge in [-0.1, -0.05) is 33.1 Å². The van der Waals surface area contributed by atoms with E-state index in [9.17, 15) is 0 Å². The summed E-state index contributed by atoms with van der Waals surface area (Å²) in [4.78, 5) is 0. The summed E-state index contributed by atoms with van der Waals surface area (Å²) in [5.41, 5.74) is 1.53. The summed E-state index contributed by atoms with van der Waals surface area (Å²) in [6.45, 7) is 5.76. The maximum Gasteiger partial charge on any atom is 0.0656 e. The molecule has 1 fully saturated rings. The minimum Gasteiger partial charge on any atom is -0.310 e. The Labute approximate surface area is 135 Å². The van der Waals surface area contributed by atoms with Gasteiger partial charge in [-0.05, 0) is 77.2 Å². The van der Waals surface area contributed by atoms with Gasteiger partial charge < -0.3 is 5.32 Å². The molecule has 0 amide bonds. The molecule has 108 valence electrons. The van der Waals surface area contributed by atoms with Crippen LogP contribution in [0.4, 0.5) is 0 Å². The van der Waals surface area contributed by atoms with Gasteiger partial charge in [0.25, 0.3) is 0 Å². The minimum absolute atomic E-state index is 0.592. The van der Waals surface area contributed by atoms with E-state index in [0.717, 1.165) is 18.4 Å². The second-order valence-corrected chi connectivity index (χ2v) is 8.62. The molecular weight excluding hydrogens is 365 g/mol. The molecule has 0 bridgehead atoms. The number of hydrogen-bond donors (Lipinski definition) is 1. The van der Waals surface area contributed by atoms with E-state index < -0.39 is 0 Å². The van der Waals surface area contributed by atoms with E-state index in [1.54, 1.807) is 0 Å². The van der Waals surface area contributed by atoms with Crippen molar-refractivity contribution in [1.29, 1.82) is 0 Å². The lowest BCUT2D eigenvalue weighted by molar-refractivity contribution is 0.209. The van der Waals surface area contributed by atoms with Gasteiger partial charge in [0.1, 0.15) is 0 Å². The highest BCUT2D eigenvalue weighted by Crippen LogP contribution is 2.39. The zero-order chi connectivity index (χ0) is 13.7. The van der Waals surface area contributed by atoms with Crippen LogP contribution in [-0.4, -0.2) is 6.54 Å². The van der Waals surface area contributed by atoms with Crippen LogP contribution in [0.2, 0.25) is 0 Å². The molecule has 3 atom stereocenters. The topological polar surface area (TPSA) is 12.0 Å². The van der Waals surface area contributed by atoms with Crippen LogP contribution < -0.4 is 5.32 Å². The first kappa shape index (κ1) is 15.8. The second kappa shape index (κ2) is 7.99. The van der Waals surface area contributed by atoms with Gasteiger partial charge in [0, 0.05) is 6.04 Å². The maximum atomic E-state index is 3.82. The average molecular weight is 391 g/mol. The van der Waals surface area contributed by atoms with Gasteiger partial charge in [-0.25, -0.2) is 0 Å². The molecule has 3 unspecified atom stereocenters. The van der Waals surface area contributed by atoms with Gasteiger partial charge in [0.2, 0.25) is 0 Å². The van der Waals surface area contributed by atoms with Gasteiger partial charge in [0.05, 0.1) is 2.88 Å². The smallest absolute Gasteiger partial charge is 0.0656 e. The van der Waals surface area contributed by atoms with Gasteiger partial charge in [-0.15, -0.1) is 11.3 Å². The minimum atomic E-state index is 0.592. The van der Waals surface area contributed by atoms with Crippen molar-refractivity contribution < 1.29 is 0 Å². The largest absolute Gasteiger partial charge is 0.310 e. The molecule has 0 spiro atoms. The van der Waals surface area contributed by atoms with Crippen LogP contribution in [-0.2, 0) is 0 Å². The number of nitrogens with one attached hydrogen (secondary N) is 1. The highest BCUT2D eigenvalue weighted by atomic mass is 127. The van der Waals surface area contributed by atoms with Gasteiger partial charge in [0.15, 0.2) is 0 Å². The van der Waals surface area contributed by atoms with E-state index in [-0.39, 0.29) is 0 Å². The summed E-state index contributed by atoms with van der Waals surface area (Å²) in [7, 11) is 0. The zero-order valence-electron chi connectivity index (χ0n) is 12.1. The molecule has 1 N–H and O–H groups in total. The molecule has 3 heteroatoms. The molecule has 1 aliphatic rings. The van der Waals surface area contributed by atoms with Crippen molar-refractivity contribution in [2.75, 3.05) is 6.54 Å². The average Bonchev–Trinajstić information content (AvgIpc) is 2.86. The van der Waals surface area contributed by atoms with Crippen molar-refractivity contribution >= 4 is 33.9 Å². The number of rotatable bonds is 6. The Kier molecular flexibility index (Phi) is 6.63. The molecular formula is C16H26INS. The lowest BCUT2D eigenvalue weighted by atomic mass is 9.75. The molecule has 1 aromatic rings. The normalized spacial score (nSPS) is 25.4. The molecule has 1 aliphatic carbocycles. The standard InChI is InChI=1S/C16H26INS/c1-3-8-18-16(14-10-15(17)19-11-14)13-7-5-6-12(4-2)9-13/h10-13,16,18H,3-9H2,1-2H3. The third-order valence-electron chi connectivity index (χ3n) is 4.43. The monoisotopic (exact) mass is 391 g/mol. The lowest BCUT2D eigenvalue weighted by Gasteiger charge is -2.34. The Balaban J connectivity index is 2.08. The molecule has 0 saturated heterocycles. The fourth-order valence-corrected chi connectivity index (χ4v) is 4.76. The van der Waals surface area contributed by atoms with Crippen molar-refractivity contribution in [3.8, 4) is 0 Å². The first-order chi connectivity index (χ1) is 9.24. The molecule has 2 rings (SSSR count). The lowest BCUT2D eigenvalue weighted by Crippen LogP contribution is -2.32. The highest BCUT2D eigenvalue weighted by molar-refractivity contribution is 14.1. The molecule has 1 heterocycles. The summed E-state index contributed by atoms with van der Waals surface area (Å²) in [6, 6.07) is 2.97. The molecule has 19 heavy (non-hydrogen) atoms. The van der Waals surface area contributed by atoms with E-state index >= 15 is 0 Å². The molecule has 0 radical (unpaired) electrons. The van der Waals surface area contributed by atoms with Crippen molar-refractivity contribution in [3.05, 3.63) is 19.9 Å². The van der Waals surface area contributed by atoms with Gasteiger partial charge in [-0.2, -0.15) is 0 Å². The first-order valence-electron chi connectivity index (χ1n) is 7.71. The van der Waals surface area contributed by atoms with E-state index in [1.807, 2.05) is 11.3 Å². The molecule has 1 nitrogen and oxygen atoms in total. The van der Waals surface area contributed by atoms with Crippen LogP contribution in [0.25, 0.3) is 0 Å². The van der Waals surface area contributed by atoms with E-state index in [1.165, 1.54) is 47.0 Å². The third-order valence-corrected chi connectivity index (χ3v) is 6.24. The Morgan fingerprint density at radius 2 is 2.26 bits per heavy atom. The summed E-state index contributed by atoms with van der Waals surface area (Å²) in [5, 5.41) is 6.18. The summed E-state index contributed by atoms with van der Waals surface area (Å²) in [5.74, 6) is 1.80. The van der Waals surface area contributed by atoms with E-state index in [4.69, 9.17) is 0 Å². The number of thiophene rings is 1. The Bertz CT molecular complexity index is 377. The van der Waals surface area contributed by atoms with Crippen LogP contribution >= 0.6 is 33.9 Å². The summed E-state index contributed by atoms with van der Waals surface area (Å²) < 4.78 is 1.42. The Morgan fingerprint density at radius 1 is 1.42 bits per heavy atom. The molecule has 1 aromatic heterocycles. The molecule has 0 aromatic carbocycles. The summed E-state index contributed by atoms with van der Waals surface area (Å²) >= 11 is 4.33. The fraction of sp³-hybridized carbons (Fsp3) is 0.750. The van der Waals surface area contributed by atoms with Crippen molar-refractivity contribution in [2.24, 2.45) is 11.8 Å². The second-order valence-electron chi connectivity index (χ2n) is 5.82. The predicted molar refractivity (Wildman–Crippen MR) is 93.8 cm³/mol. The Morgan fingerprint density at radius 3 is 2.89 bits per heavy atom. The third kappa shape index (κ3) is 4.43. The fourth-order valence-electron chi connectivity index (χ4n) is 3.35. The first-order valence-corrected chi connectivity index (χ1v) is 9.67. The molecule has 0 aliphatic heterocycles. The van der Waals surface area contributed by atoms with E-state index in [0.29, 0.717) is 6.04 Å². The highest BCUT2D eigenvalue weighted by Gasteiger charge is 2.28. The summed E-state index contributed by atoms with van der Waals surface area (Å²) in [6.07, 6.45) is 8.29. The number of hydrogen-bond acceptors (Lipinski definition) is 2. The predicted octanol–water partition coefficient (Wildman–Crippen LogP) is 5.61. The zero-order valence-corrected chi connectivity index (χ0v) is 15.1.